The van der Waals surface area contributed by atoms with Crippen molar-refractivity contribution >= 4 is 15.9 Å². The van der Waals surface area contributed by atoms with Gasteiger partial charge in [-0.2, -0.15) is 0 Å². The Bertz CT molecular complexity index is 419. The molecule has 0 aromatic heterocycles. The summed E-state index contributed by atoms with van der Waals surface area (Å²) < 4.78 is 1.28. The van der Waals surface area contributed by atoms with Crippen molar-refractivity contribution in [2.45, 2.75) is 46.1 Å². The molecule has 19 heavy (non-hydrogen) atoms. The summed E-state index contributed by atoms with van der Waals surface area (Å²) in [5, 5.41) is 3.57. The van der Waals surface area contributed by atoms with Gasteiger partial charge >= 0.3 is 0 Å². The molecule has 0 heterocycles. The molecule has 0 amide bonds. The van der Waals surface area contributed by atoms with Crippen LogP contribution >= 0.6 is 15.9 Å². The van der Waals surface area contributed by atoms with Crippen LogP contribution in [0.3, 0.4) is 0 Å². The van der Waals surface area contributed by atoms with Crippen molar-refractivity contribution in [2.75, 3.05) is 7.05 Å². The molecule has 0 aliphatic heterocycles. The lowest BCUT2D eigenvalue weighted by Gasteiger charge is -2.37. The van der Waals surface area contributed by atoms with E-state index in [0.29, 0.717) is 6.04 Å². The van der Waals surface area contributed by atoms with Crippen LogP contribution < -0.4 is 5.32 Å². The Hall–Kier alpha value is -0.340. The van der Waals surface area contributed by atoms with Gasteiger partial charge in [0.25, 0.3) is 0 Å². The normalized spacial score (nSPS) is 29.2. The molecule has 3 atom stereocenters. The highest BCUT2D eigenvalue weighted by Crippen LogP contribution is 2.41. The van der Waals surface area contributed by atoms with Crippen molar-refractivity contribution in [1.82, 2.24) is 5.32 Å². The number of hydrogen-bond acceptors (Lipinski definition) is 1. The summed E-state index contributed by atoms with van der Waals surface area (Å²) in [4.78, 5) is 0. The summed E-state index contributed by atoms with van der Waals surface area (Å²) in [5.41, 5.74) is 2.75. The molecule has 0 spiro atoms. The third kappa shape index (κ3) is 3.41. The van der Waals surface area contributed by atoms with Crippen LogP contribution in [0.25, 0.3) is 0 Å². The number of hydrogen-bond donors (Lipinski definition) is 1. The van der Waals surface area contributed by atoms with Crippen molar-refractivity contribution in [3.63, 3.8) is 0 Å². The van der Waals surface area contributed by atoms with Gasteiger partial charge in [0, 0.05) is 10.5 Å². The van der Waals surface area contributed by atoms with Gasteiger partial charge in [-0.05, 0) is 62.1 Å². The van der Waals surface area contributed by atoms with Crippen LogP contribution in [0.15, 0.2) is 22.7 Å². The number of halogens is 1. The van der Waals surface area contributed by atoms with Crippen molar-refractivity contribution in [3.8, 4) is 0 Å². The van der Waals surface area contributed by atoms with Crippen LogP contribution in [0.4, 0.5) is 0 Å². The molecule has 1 nitrogen and oxygen atoms in total. The molecule has 1 aliphatic rings. The van der Waals surface area contributed by atoms with Crippen LogP contribution in [0.2, 0.25) is 0 Å². The van der Waals surface area contributed by atoms with Crippen molar-refractivity contribution in [2.24, 2.45) is 17.8 Å². The van der Waals surface area contributed by atoms with E-state index < -0.39 is 0 Å². The maximum atomic E-state index is 3.78. The second-order valence-electron chi connectivity index (χ2n) is 6.42. The molecule has 0 saturated heterocycles. The minimum atomic E-state index is 0.472. The van der Waals surface area contributed by atoms with E-state index in [2.05, 4.69) is 67.3 Å². The fourth-order valence-corrected chi connectivity index (χ4v) is 4.35. The average molecular weight is 324 g/mol. The van der Waals surface area contributed by atoms with E-state index in [1.165, 1.54) is 34.9 Å². The summed E-state index contributed by atoms with van der Waals surface area (Å²) >= 11 is 3.78. The Morgan fingerprint density at radius 3 is 2.37 bits per heavy atom. The Labute approximate surface area is 126 Å². The molecule has 3 unspecified atom stereocenters. The van der Waals surface area contributed by atoms with Crippen LogP contribution in [0.5, 0.6) is 0 Å². The molecule has 1 aromatic carbocycles. The van der Waals surface area contributed by atoms with Crippen LogP contribution in [0, 0.1) is 24.7 Å². The molecule has 1 aliphatic carbocycles. The number of rotatable bonds is 3. The number of aryl methyl sites for hydroxylation is 1. The van der Waals surface area contributed by atoms with Gasteiger partial charge in [0.05, 0.1) is 0 Å². The molecule has 1 fully saturated rings. The fraction of sp³-hybridized carbons (Fsp3) is 0.647. The highest BCUT2D eigenvalue weighted by molar-refractivity contribution is 9.10. The quantitative estimate of drug-likeness (QED) is 0.816. The molecule has 2 rings (SSSR count). The topological polar surface area (TPSA) is 12.0 Å². The maximum absolute atomic E-state index is 3.78. The standard InChI is InChI=1S/C17H26BrN/c1-11-8-12(2)10-14(9-11)17(19-4)15-7-5-6-13(3)16(15)18/h5-7,11-12,14,17,19H,8-10H2,1-4H3. The Balaban J connectivity index is 2.26. The van der Waals surface area contributed by atoms with Gasteiger partial charge in [0.15, 0.2) is 0 Å². The molecular formula is C17H26BrN. The van der Waals surface area contributed by atoms with Gasteiger partial charge in [-0.3, -0.25) is 0 Å². The molecule has 1 saturated carbocycles. The second kappa shape index (κ2) is 6.41. The highest BCUT2D eigenvalue weighted by atomic mass is 79.9. The molecular weight excluding hydrogens is 298 g/mol. The third-order valence-corrected chi connectivity index (χ3v) is 5.64. The Kier molecular flexibility index (Phi) is 5.08. The van der Waals surface area contributed by atoms with Gasteiger partial charge in [-0.25, -0.2) is 0 Å². The second-order valence-corrected chi connectivity index (χ2v) is 7.21. The number of benzene rings is 1. The zero-order valence-electron chi connectivity index (χ0n) is 12.5. The predicted octanol–water partition coefficient (Wildman–Crippen LogP) is 5.09. The highest BCUT2D eigenvalue weighted by Gasteiger charge is 2.31. The first-order valence-corrected chi connectivity index (χ1v) is 8.24. The van der Waals surface area contributed by atoms with Crippen molar-refractivity contribution in [3.05, 3.63) is 33.8 Å². The zero-order valence-corrected chi connectivity index (χ0v) is 14.1. The van der Waals surface area contributed by atoms with Crippen LogP contribution in [-0.2, 0) is 0 Å². The van der Waals surface area contributed by atoms with Gasteiger partial charge in [-0.15, -0.1) is 0 Å². The van der Waals surface area contributed by atoms with E-state index >= 15 is 0 Å². The van der Waals surface area contributed by atoms with Crippen molar-refractivity contribution < 1.29 is 0 Å². The van der Waals surface area contributed by atoms with Crippen LogP contribution in [-0.4, -0.2) is 7.05 Å². The van der Waals surface area contributed by atoms with E-state index in [1.807, 2.05) is 0 Å². The van der Waals surface area contributed by atoms with Crippen molar-refractivity contribution in [1.29, 1.82) is 0 Å². The maximum Gasteiger partial charge on any atom is 0.0357 e. The molecule has 1 N–H and O–H groups in total. The lowest BCUT2D eigenvalue weighted by molar-refractivity contribution is 0.180. The minimum absolute atomic E-state index is 0.472. The Morgan fingerprint density at radius 2 is 1.79 bits per heavy atom. The molecule has 1 aromatic rings. The summed E-state index contributed by atoms with van der Waals surface area (Å²) in [6, 6.07) is 7.09. The molecule has 106 valence electrons. The first kappa shape index (κ1) is 15.1. The molecule has 0 radical (unpaired) electrons. The van der Waals surface area contributed by atoms with Gasteiger partial charge in [-0.1, -0.05) is 48.0 Å². The predicted molar refractivity (Wildman–Crippen MR) is 86.3 cm³/mol. The lowest BCUT2D eigenvalue weighted by atomic mass is 9.72. The first-order valence-electron chi connectivity index (χ1n) is 7.45. The van der Waals surface area contributed by atoms with E-state index in [4.69, 9.17) is 0 Å². The van der Waals surface area contributed by atoms with Gasteiger partial charge < -0.3 is 5.32 Å². The van der Waals surface area contributed by atoms with Crippen LogP contribution in [0.1, 0.15) is 50.3 Å². The molecule has 2 heteroatoms. The van der Waals surface area contributed by atoms with E-state index in [1.54, 1.807) is 0 Å². The third-order valence-electron chi connectivity index (χ3n) is 4.55. The largest absolute Gasteiger partial charge is 0.313 e. The summed E-state index contributed by atoms with van der Waals surface area (Å²) in [6.45, 7) is 6.98. The van der Waals surface area contributed by atoms with E-state index in [9.17, 15) is 0 Å². The SMILES string of the molecule is CNC(c1cccc(C)c1Br)C1CC(C)CC(C)C1. The van der Waals surface area contributed by atoms with Gasteiger partial charge in [0.2, 0.25) is 0 Å². The minimum Gasteiger partial charge on any atom is -0.313 e. The number of nitrogens with one attached hydrogen (secondary N) is 1. The summed E-state index contributed by atoms with van der Waals surface area (Å²) in [5.74, 6) is 2.46. The smallest absolute Gasteiger partial charge is 0.0357 e. The first-order chi connectivity index (χ1) is 9.02. The zero-order chi connectivity index (χ0) is 14.0. The Morgan fingerprint density at radius 1 is 1.16 bits per heavy atom. The van der Waals surface area contributed by atoms with E-state index in [0.717, 1.165) is 17.8 Å². The van der Waals surface area contributed by atoms with E-state index in [-0.39, 0.29) is 0 Å². The average Bonchev–Trinajstić information content (AvgIpc) is 2.34. The summed E-state index contributed by atoms with van der Waals surface area (Å²) in [7, 11) is 2.10. The fourth-order valence-electron chi connectivity index (χ4n) is 3.84. The monoisotopic (exact) mass is 323 g/mol. The van der Waals surface area contributed by atoms with Gasteiger partial charge in [0.1, 0.15) is 0 Å². The molecule has 0 bridgehead atoms. The lowest BCUT2D eigenvalue weighted by Crippen LogP contribution is -2.31. The summed E-state index contributed by atoms with van der Waals surface area (Å²) in [6.07, 6.45) is 4.08.